The quantitative estimate of drug-likeness (QED) is 0.864. The third-order valence-corrected chi connectivity index (χ3v) is 3.73. The molecule has 6 heteroatoms. The minimum absolute atomic E-state index is 0.0307. The van der Waals surface area contributed by atoms with Crippen LogP contribution in [0, 0.1) is 11.8 Å². The molecule has 2 N–H and O–H groups in total. The zero-order valence-corrected chi connectivity index (χ0v) is 11.4. The van der Waals surface area contributed by atoms with Crippen LogP contribution in [0.1, 0.15) is 17.3 Å². The van der Waals surface area contributed by atoms with Crippen LogP contribution in [-0.4, -0.2) is 47.2 Å². The van der Waals surface area contributed by atoms with E-state index in [1.54, 1.807) is 13.0 Å². The van der Waals surface area contributed by atoms with Crippen molar-refractivity contribution in [2.45, 2.75) is 6.92 Å². The zero-order chi connectivity index (χ0) is 14.9. The number of amides is 1. The highest BCUT2D eigenvalue weighted by atomic mass is 16.5. The van der Waals surface area contributed by atoms with Gasteiger partial charge in [0.15, 0.2) is 0 Å². The molecule has 1 unspecified atom stereocenters. The number of ether oxygens (including phenoxy) is 1. The van der Waals surface area contributed by atoms with E-state index >= 15 is 0 Å². The number of benzene rings is 1. The van der Waals surface area contributed by atoms with Crippen molar-refractivity contribution >= 4 is 11.9 Å². The molecule has 1 atom stereocenters. The topological polar surface area (TPSA) is 87.1 Å². The van der Waals surface area contributed by atoms with E-state index in [0.717, 1.165) is 0 Å². The summed E-state index contributed by atoms with van der Waals surface area (Å²) in [6.45, 7) is 2.44. The standard InChI is InChI=1S/C14H17NO5/c1-8(14(18)19)9-6-15(7-9)13(17)11-4-3-10(20-2)5-12(11)16/h3-5,8-9,16H,6-7H2,1-2H3,(H,18,19). The van der Waals surface area contributed by atoms with Crippen molar-refractivity contribution in [3.63, 3.8) is 0 Å². The van der Waals surface area contributed by atoms with Gasteiger partial charge >= 0.3 is 5.97 Å². The summed E-state index contributed by atoms with van der Waals surface area (Å²) in [6.07, 6.45) is 0. The average molecular weight is 279 g/mol. The molecule has 1 heterocycles. The molecule has 6 nitrogen and oxygen atoms in total. The van der Waals surface area contributed by atoms with Crippen LogP contribution in [0.2, 0.25) is 0 Å². The second-order valence-corrected chi connectivity index (χ2v) is 4.98. The Balaban J connectivity index is 2.02. The Morgan fingerprint density at radius 2 is 2.05 bits per heavy atom. The van der Waals surface area contributed by atoms with Crippen LogP contribution in [0.3, 0.4) is 0 Å². The number of aromatic hydroxyl groups is 1. The number of nitrogens with zero attached hydrogens (tertiary/aromatic N) is 1. The predicted octanol–water partition coefficient (Wildman–Crippen LogP) is 1.19. The molecule has 0 aromatic heterocycles. The summed E-state index contributed by atoms with van der Waals surface area (Å²) < 4.78 is 4.96. The highest BCUT2D eigenvalue weighted by Crippen LogP contribution is 2.29. The number of rotatable bonds is 4. The minimum Gasteiger partial charge on any atom is -0.507 e. The van der Waals surface area contributed by atoms with Gasteiger partial charge in [-0.3, -0.25) is 9.59 Å². The normalized spacial score (nSPS) is 16.4. The molecule has 1 saturated heterocycles. The molecule has 20 heavy (non-hydrogen) atoms. The lowest BCUT2D eigenvalue weighted by Gasteiger charge is -2.41. The molecule has 1 aliphatic heterocycles. The van der Waals surface area contributed by atoms with Crippen LogP contribution in [0.25, 0.3) is 0 Å². The van der Waals surface area contributed by atoms with Crippen molar-refractivity contribution < 1.29 is 24.5 Å². The van der Waals surface area contributed by atoms with E-state index in [0.29, 0.717) is 18.8 Å². The van der Waals surface area contributed by atoms with Crippen LogP contribution in [0.5, 0.6) is 11.5 Å². The number of carboxylic acid groups (broad SMARTS) is 1. The molecule has 1 amide bonds. The first-order valence-corrected chi connectivity index (χ1v) is 6.33. The maximum absolute atomic E-state index is 12.2. The van der Waals surface area contributed by atoms with Crippen molar-refractivity contribution in [2.75, 3.05) is 20.2 Å². The fourth-order valence-corrected chi connectivity index (χ4v) is 2.19. The number of carboxylic acids is 1. The smallest absolute Gasteiger partial charge is 0.306 e. The number of methoxy groups -OCH3 is 1. The Labute approximate surface area is 116 Å². The van der Waals surface area contributed by atoms with Gasteiger partial charge in [-0.25, -0.2) is 0 Å². The molecule has 0 bridgehead atoms. The van der Waals surface area contributed by atoms with Gasteiger partial charge in [0.1, 0.15) is 11.5 Å². The number of likely N-dealkylation sites (tertiary alicyclic amines) is 1. The maximum Gasteiger partial charge on any atom is 0.306 e. The first-order valence-electron chi connectivity index (χ1n) is 6.33. The molecule has 1 aliphatic rings. The lowest BCUT2D eigenvalue weighted by atomic mass is 9.86. The first kappa shape index (κ1) is 14.2. The van der Waals surface area contributed by atoms with Gasteiger partial charge in [-0.2, -0.15) is 0 Å². The summed E-state index contributed by atoms with van der Waals surface area (Å²) in [5, 5.41) is 18.7. The van der Waals surface area contributed by atoms with Crippen LogP contribution >= 0.6 is 0 Å². The van der Waals surface area contributed by atoms with Crippen LogP contribution in [-0.2, 0) is 4.79 Å². The van der Waals surface area contributed by atoms with Crippen molar-refractivity contribution in [3.8, 4) is 11.5 Å². The maximum atomic E-state index is 12.2. The van der Waals surface area contributed by atoms with Gasteiger partial charge in [-0.05, 0) is 12.1 Å². The molecule has 0 radical (unpaired) electrons. The predicted molar refractivity (Wildman–Crippen MR) is 70.9 cm³/mol. The third-order valence-electron chi connectivity index (χ3n) is 3.73. The highest BCUT2D eigenvalue weighted by molar-refractivity contribution is 5.97. The molecular weight excluding hydrogens is 262 g/mol. The summed E-state index contributed by atoms with van der Waals surface area (Å²) >= 11 is 0. The Bertz CT molecular complexity index is 536. The summed E-state index contributed by atoms with van der Waals surface area (Å²) in [4.78, 5) is 24.5. The Morgan fingerprint density at radius 1 is 1.40 bits per heavy atom. The van der Waals surface area contributed by atoms with E-state index in [4.69, 9.17) is 9.84 Å². The monoisotopic (exact) mass is 279 g/mol. The SMILES string of the molecule is COc1ccc(C(=O)N2CC(C(C)C(=O)O)C2)c(O)c1. The second-order valence-electron chi connectivity index (χ2n) is 4.98. The summed E-state index contributed by atoms with van der Waals surface area (Å²) in [7, 11) is 1.48. The number of phenolic OH excluding ortho intramolecular Hbond substituents is 1. The molecule has 2 rings (SSSR count). The Kier molecular flexibility index (Phi) is 3.83. The third kappa shape index (κ3) is 2.54. The molecule has 1 aromatic rings. The van der Waals surface area contributed by atoms with Gasteiger partial charge in [-0.15, -0.1) is 0 Å². The van der Waals surface area contributed by atoms with Crippen molar-refractivity contribution in [1.82, 2.24) is 4.90 Å². The van der Waals surface area contributed by atoms with E-state index in [2.05, 4.69) is 0 Å². The average Bonchev–Trinajstić information content (AvgIpc) is 2.36. The first-order chi connectivity index (χ1) is 9.43. The fourth-order valence-electron chi connectivity index (χ4n) is 2.19. The van der Waals surface area contributed by atoms with Crippen LogP contribution in [0.15, 0.2) is 18.2 Å². The highest BCUT2D eigenvalue weighted by Gasteiger charge is 2.37. The van der Waals surface area contributed by atoms with Gasteiger partial charge in [0.25, 0.3) is 5.91 Å². The van der Waals surface area contributed by atoms with Gasteiger partial charge in [-0.1, -0.05) is 6.92 Å². The number of phenols is 1. The number of hydrogen-bond acceptors (Lipinski definition) is 4. The number of carbonyl (C=O) groups excluding carboxylic acids is 1. The zero-order valence-electron chi connectivity index (χ0n) is 11.4. The van der Waals surface area contributed by atoms with E-state index in [9.17, 15) is 14.7 Å². The summed E-state index contributed by atoms with van der Waals surface area (Å²) in [5.74, 6) is -1.31. The molecule has 0 spiro atoms. The Morgan fingerprint density at radius 3 is 2.55 bits per heavy atom. The van der Waals surface area contributed by atoms with Crippen LogP contribution in [0.4, 0.5) is 0 Å². The van der Waals surface area contributed by atoms with Crippen LogP contribution < -0.4 is 4.74 Å². The minimum atomic E-state index is -0.852. The lowest BCUT2D eigenvalue weighted by molar-refractivity contribution is -0.144. The van der Waals surface area contributed by atoms with Gasteiger partial charge < -0.3 is 19.8 Å². The van der Waals surface area contributed by atoms with Crippen molar-refractivity contribution in [3.05, 3.63) is 23.8 Å². The lowest BCUT2D eigenvalue weighted by Crippen LogP contribution is -2.53. The van der Waals surface area contributed by atoms with Gasteiger partial charge in [0, 0.05) is 25.1 Å². The molecule has 0 saturated carbocycles. The van der Waals surface area contributed by atoms with E-state index in [-0.39, 0.29) is 23.1 Å². The fraction of sp³-hybridized carbons (Fsp3) is 0.429. The summed E-state index contributed by atoms with van der Waals surface area (Å²) in [5.41, 5.74) is 0.201. The molecule has 1 aromatic carbocycles. The van der Waals surface area contributed by atoms with Crippen molar-refractivity contribution in [1.29, 1.82) is 0 Å². The molecule has 108 valence electrons. The van der Waals surface area contributed by atoms with E-state index in [1.165, 1.54) is 24.1 Å². The van der Waals surface area contributed by atoms with Gasteiger partial charge in [0.2, 0.25) is 0 Å². The van der Waals surface area contributed by atoms with E-state index in [1.807, 2.05) is 0 Å². The largest absolute Gasteiger partial charge is 0.507 e. The second kappa shape index (κ2) is 5.40. The number of aliphatic carboxylic acids is 1. The van der Waals surface area contributed by atoms with Crippen molar-refractivity contribution in [2.24, 2.45) is 11.8 Å². The number of hydrogen-bond donors (Lipinski definition) is 2. The van der Waals surface area contributed by atoms with E-state index < -0.39 is 11.9 Å². The Hall–Kier alpha value is -2.24. The molecule has 0 aliphatic carbocycles. The van der Waals surface area contributed by atoms with Gasteiger partial charge in [0.05, 0.1) is 18.6 Å². The molecular formula is C14H17NO5. The summed E-state index contributed by atoms with van der Waals surface area (Å²) in [6, 6.07) is 4.49. The number of carbonyl (C=O) groups is 2. The molecule has 1 fully saturated rings.